The molecule has 0 radical (unpaired) electrons. The minimum Gasteiger partial charge on any atom is -0.465 e. The summed E-state index contributed by atoms with van der Waals surface area (Å²) < 4.78 is 0. The number of para-hydroxylation sites is 2. The first-order chi connectivity index (χ1) is 17.8. The average Bonchev–Trinajstić information content (AvgIpc) is 2.91. The molecule has 0 spiro atoms. The zero-order valence-electron chi connectivity index (χ0n) is 21.8. The van der Waals surface area contributed by atoms with Crippen LogP contribution in [0.25, 0.3) is 11.3 Å². The molecule has 188 valence electrons. The molecule has 5 heteroatoms. The number of rotatable bonds is 8. The largest absolute Gasteiger partial charge is 0.465 e. The number of amides is 1. The summed E-state index contributed by atoms with van der Waals surface area (Å²) >= 11 is 0. The lowest BCUT2D eigenvalue weighted by Gasteiger charge is -2.21. The molecule has 0 aliphatic rings. The SMILES string of the molecule is CC(C)c1cccc(C(C)C)c1N=Cc1cccc(-c2ccccc2CN(C(=O)O)c2ccccc2)n1. The Hall–Kier alpha value is -4.25. The molecule has 37 heavy (non-hydrogen) atoms. The summed E-state index contributed by atoms with van der Waals surface area (Å²) in [5.41, 5.74) is 7.38. The number of aromatic nitrogens is 1. The van der Waals surface area contributed by atoms with Crippen LogP contribution in [0.15, 0.2) is 96.0 Å². The summed E-state index contributed by atoms with van der Waals surface area (Å²) in [5, 5.41) is 9.89. The predicted octanol–water partition coefficient (Wildman–Crippen LogP) is 8.43. The fraction of sp³-hybridized carbons (Fsp3) is 0.219. The van der Waals surface area contributed by atoms with Crippen LogP contribution in [0.5, 0.6) is 0 Å². The van der Waals surface area contributed by atoms with Gasteiger partial charge in [0.1, 0.15) is 0 Å². The summed E-state index contributed by atoms with van der Waals surface area (Å²) in [6, 6.07) is 29.2. The van der Waals surface area contributed by atoms with Crippen molar-refractivity contribution in [2.75, 3.05) is 4.90 Å². The number of hydrogen-bond donors (Lipinski definition) is 1. The van der Waals surface area contributed by atoms with Crippen molar-refractivity contribution in [2.45, 2.75) is 46.1 Å². The van der Waals surface area contributed by atoms with Gasteiger partial charge in [-0.05, 0) is 52.8 Å². The molecule has 4 rings (SSSR count). The van der Waals surface area contributed by atoms with Gasteiger partial charge in [0.15, 0.2) is 0 Å². The van der Waals surface area contributed by atoms with E-state index in [-0.39, 0.29) is 6.54 Å². The zero-order chi connectivity index (χ0) is 26.4. The van der Waals surface area contributed by atoms with Crippen LogP contribution in [-0.2, 0) is 6.54 Å². The number of carboxylic acid groups (broad SMARTS) is 1. The van der Waals surface area contributed by atoms with Gasteiger partial charge in [-0.25, -0.2) is 9.78 Å². The first-order valence-corrected chi connectivity index (χ1v) is 12.6. The van der Waals surface area contributed by atoms with Crippen LogP contribution in [-0.4, -0.2) is 22.4 Å². The number of hydrogen-bond acceptors (Lipinski definition) is 3. The van der Waals surface area contributed by atoms with Crippen molar-refractivity contribution in [3.63, 3.8) is 0 Å². The Morgan fingerprint density at radius 1 is 0.838 bits per heavy atom. The number of nitrogens with zero attached hydrogens (tertiary/aromatic N) is 3. The molecular weight excluding hydrogens is 458 g/mol. The van der Waals surface area contributed by atoms with E-state index < -0.39 is 6.09 Å². The van der Waals surface area contributed by atoms with Crippen molar-refractivity contribution < 1.29 is 9.90 Å². The van der Waals surface area contributed by atoms with Gasteiger partial charge in [-0.2, -0.15) is 0 Å². The maximum absolute atomic E-state index is 12.1. The normalized spacial score (nSPS) is 11.4. The van der Waals surface area contributed by atoms with Crippen molar-refractivity contribution in [1.82, 2.24) is 4.98 Å². The van der Waals surface area contributed by atoms with E-state index in [4.69, 9.17) is 9.98 Å². The van der Waals surface area contributed by atoms with Crippen LogP contribution in [0.3, 0.4) is 0 Å². The molecule has 1 N–H and O–H groups in total. The van der Waals surface area contributed by atoms with E-state index in [1.165, 1.54) is 16.0 Å². The van der Waals surface area contributed by atoms with Crippen LogP contribution in [0, 0.1) is 0 Å². The van der Waals surface area contributed by atoms with E-state index in [9.17, 15) is 9.90 Å². The van der Waals surface area contributed by atoms with Gasteiger partial charge in [0, 0.05) is 11.3 Å². The first kappa shape index (κ1) is 25.8. The Bertz CT molecular complexity index is 1370. The number of pyridine rings is 1. The van der Waals surface area contributed by atoms with E-state index in [1.807, 2.05) is 66.9 Å². The Labute approximate surface area is 219 Å². The molecule has 1 aromatic heterocycles. The molecule has 0 atom stereocenters. The van der Waals surface area contributed by atoms with E-state index in [0.29, 0.717) is 17.5 Å². The molecule has 1 amide bonds. The van der Waals surface area contributed by atoms with Gasteiger partial charge in [0.05, 0.1) is 29.8 Å². The molecule has 0 saturated heterocycles. The maximum atomic E-state index is 12.1. The predicted molar refractivity (Wildman–Crippen MR) is 152 cm³/mol. The molecule has 0 aliphatic heterocycles. The minimum absolute atomic E-state index is 0.217. The highest BCUT2D eigenvalue weighted by atomic mass is 16.4. The summed E-state index contributed by atoms with van der Waals surface area (Å²) in [7, 11) is 0. The van der Waals surface area contributed by atoms with Crippen molar-refractivity contribution in [1.29, 1.82) is 0 Å². The molecule has 0 saturated carbocycles. The van der Waals surface area contributed by atoms with Crippen LogP contribution in [0.4, 0.5) is 16.2 Å². The Morgan fingerprint density at radius 2 is 1.46 bits per heavy atom. The number of benzene rings is 3. The Kier molecular flexibility index (Phi) is 8.14. The van der Waals surface area contributed by atoms with Gasteiger partial charge < -0.3 is 5.11 Å². The second kappa shape index (κ2) is 11.7. The van der Waals surface area contributed by atoms with E-state index in [0.717, 1.165) is 28.2 Å². The third kappa shape index (κ3) is 6.12. The molecular formula is C32H33N3O2. The van der Waals surface area contributed by atoms with Crippen molar-refractivity contribution in [2.24, 2.45) is 4.99 Å². The molecule has 1 heterocycles. The van der Waals surface area contributed by atoms with E-state index >= 15 is 0 Å². The van der Waals surface area contributed by atoms with Crippen molar-refractivity contribution >= 4 is 23.7 Å². The molecule has 5 nitrogen and oxygen atoms in total. The second-order valence-electron chi connectivity index (χ2n) is 9.66. The van der Waals surface area contributed by atoms with Crippen molar-refractivity contribution in [3.05, 3.63) is 113 Å². The quantitative estimate of drug-likeness (QED) is 0.252. The summed E-state index contributed by atoms with van der Waals surface area (Å²) in [5.74, 6) is 0.720. The van der Waals surface area contributed by atoms with Gasteiger partial charge in [-0.3, -0.25) is 9.89 Å². The monoisotopic (exact) mass is 491 g/mol. The molecule has 3 aromatic carbocycles. The van der Waals surface area contributed by atoms with Gasteiger partial charge in [0.2, 0.25) is 0 Å². The lowest BCUT2D eigenvalue weighted by Crippen LogP contribution is -2.28. The van der Waals surface area contributed by atoms with Crippen LogP contribution in [0.2, 0.25) is 0 Å². The van der Waals surface area contributed by atoms with Crippen molar-refractivity contribution in [3.8, 4) is 11.3 Å². The fourth-order valence-electron chi connectivity index (χ4n) is 4.42. The van der Waals surface area contributed by atoms with Crippen LogP contribution < -0.4 is 4.90 Å². The van der Waals surface area contributed by atoms with Gasteiger partial charge in [-0.1, -0.05) is 94.4 Å². The van der Waals surface area contributed by atoms with Crippen LogP contribution in [0.1, 0.15) is 61.9 Å². The molecule has 4 aromatic rings. The van der Waals surface area contributed by atoms with E-state index in [2.05, 4.69) is 45.9 Å². The number of anilines is 1. The lowest BCUT2D eigenvalue weighted by molar-refractivity contribution is 0.201. The molecule has 0 fully saturated rings. The standard InChI is InChI=1S/C32H33N3O2/c1-22(2)27-17-11-18-28(23(3)4)31(27)33-20-25-13-10-19-30(34-25)29-16-9-8-12-24(29)21-35(32(36)37)26-14-6-5-7-15-26/h5-20,22-23H,21H2,1-4H3,(H,36,37). The fourth-order valence-corrected chi connectivity index (χ4v) is 4.42. The molecule has 0 aliphatic carbocycles. The third-order valence-electron chi connectivity index (χ3n) is 6.36. The third-order valence-corrected chi connectivity index (χ3v) is 6.36. The summed E-state index contributed by atoms with van der Waals surface area (Å²) in [6.45, 7) is 8.96. The number of aliphatic imine (C=N–C) groups is 1. The maximum Gasteiger partial charge on any atom is 0.412 e. The summed E-state index contributed by atoms with van der Waals surface area (Å²) in [6.07, 6.45) is 0.826. The zero-order valence-corrected chi connectivity index (χ0v) is 21.8. The smallest absolute Gasteiger partial charge is 0.412 e. The first-order valence-electron chi connectivity index (χ1n) is 12.6. The van der Waals surface area contributed by atoms with Gasteiger partial charge >= 0.3 is 6.09 Å². The van der Waals surface area contributed by atoms with Crippen LogP contribution >= 0.6 is 0 Å². The second-order valence-corrected chi connectivity index (χ2v) is 9.66. The highest BCUT2D eigenvalue weighted by molar-refractivity contribution is 5.86. The highest BCUT2D eigenvalue weighted by Crippen LogP contribution is 2.34. The molecule has 0 unspecified atom stereocenters. The van der Waals surface area contributed by atoms with Gasteiger partial charge in [0.25, 0.3) is 0 Å². The number of carbonyl (C=O) groups is 1. The Balaban J connectivity index is 1.68. The topological polar surface area (TPSA) is 65.8 Å². The minimum atomic E-state index is -1.00. The Morgan fingerprint density at radius 3 is 2.11 bits per heavy atom. The van der Waals surface area contributed by atoms with Gasteiger partial charge in [-0.15, -0.1) is 0 Å². The van der Waals surface area contributed by atoms with E-state index in [1.54, 1.807) is 12.1 Å². The molecule has 0 bridgehead atoms. The average molecular weight is 492 g/mol. The lowest BCUT2D eigenvalue weighted by atomic mass is 9.93. The highest BCUT2D eigenvalue weighted by Gasteiger charge is 2.17. The summed E-state index contributed by atoms with van der Waals surface area (Å²) in [4.78, 5) is 23.2.